The van der Waals surface area contributed by atoms with Gasteiger partial charge >= 0.3 is 0 Å². The molecule has 1 aliphatic heterocycles. The van der Waals surface area contributed by atoms with Gasteiger partial charge in [0.25, 0.3) is 5.91 Å². The molecule has 3 aromatic rings. The minimum atomic E-state index is -3.09. The zero-order valence-corrected chi connectivity index (χ0v) is 19.1. The largest absolute Gasteiger partial charge is 0.322 e. The molecule has 5 rings (SSSR count). The van der Waals surface area contributed by atoms with Crippen molar-refractivity contribution in [3.63, 3.8) is 0 Å². The first-order valence-electron chi connectivity index (χ1n) is 10.1. The molecule has 1 saturated heterocycles. The minimum Gasteiger partial charge on any atom is -0.322 e. The topological polar surface area (TPSA) is 93.9 Å². The number of benzene rings is 1. The maximum Gasteiger partial charge on any atom is 0.256 e. The molecule has 7 nitrogen and oxygen atoms in total. The summed E-state index contributed by atoms with van der Waals surface area (Å²) in [5.41, 5.74) is 3.01. The number of halogens is 2. The van der Waals surface area contributed by atoms with Crippen LogP contribution in [0.4, 0.5) is 5.69 Å². The molecule has 3 heterocycles. The van der Waals surface area contributed by atoms with Crippen molar-refractivity contribution in [3.05, 3.63) is 51.3 Å². The number of pyridine rings is 1. The molecule has 1 unspecified atom stereocenters. The fourth-order valence-electron chi connectivity index (χ4n) is 4.15. The third-order valence-corrected chi connectivity index (χ3v) is 7.96. The molecule has 1 aromatic carbocycles. The predicted octanol–water partition coefficient (Wildman–Crippen LogP) is 4.54. The van der Waals surface area contributed by atoms with Crippen LogP contribution in [0.3, 0.4) is 0 Å². The molecule has 2 aromatic heterocycles. The molecule has 1 saturated carbocycles. The van der Waals surface area contributed by atoms with Crippen molar-refractivity contribution in [1.29, 1.82) is 0 Å². The van der Waals surface area contributed by atoms with Gasteiger partial charge in [-0.05, 0) is 50.5 Å². The second-order valence-corrected chi connectivity index (χ2v) is 11.4. The van der Waals surface area contributed by atoms with E-state index in [1.165, 1.54) is 0 Å². The molecule has 1 amide bonds. The fourth-order valence-corrected chi connectivity index (χ4v) is 6.37. The molecule has 31 heavy (non-hydrogen) atoms. The van der Waals surface area contributed by atoms with Gasteiger partial charge in [-0.2, -0.15) is 5.10 Å². The number of aromatic nitrogens is 3. The van der Waals surface area contributed by atoms with Gasteiger partial charge in [0, 0.05) is 27.3 Å². The Morgan fingerprint density at radius 3 is 2.45 bits per heavy atom. The van der Waals surface area contributed by atoms with Gasteiger partial charge in [-0.15, -0.1) is 0 Å². The Balaban J connectivity index is 1.61. The summed E-state index contributed by atoms with van der Waals surface area (Å²) in [5, 5.41) is 8.96. The molecule has 2 aliphatic rings. The highest BCUT2D eigenvalue weighted by Gasteiger charge is 2.34. The highest BCUT2D eigenvalue weighted by molar-refractivity contribution is 7.91. The summed E-state index contributed by atoms with van der Waals surface area (Å²) in [7, 11) is -3.09. The molecule has 0 radical (unpaired) electrons. The maximum atomic E-state index is 13.3. The number of nitrogens with zero attached hydrogens (tertiary/aromatic N) is 3. The lowest BCUT2D eigenvalue weighted by Crippen LogP contribution is -2.15. The van der Waals surface area contributed by atoms with E-state index in [4.69, 9.17) is 28.2 Å². The average molecular weight is 479 g/mol. The van der Waals surface area contributed by atoms with Crippen molar-refractivity contribution in [1.82, 2.24) is 14.8 Å². The van der Waals surface area contributed by atoms with E-state index >= 15 is 0 Å². The van der Waals surface area contributed by atoms with E-state index in [2.05, 4.69) is 10.4 Å². The molecule has 2 fully saturated rings. The van der Waals surface area contributed by atoms with Crippen LogP contribution in [-0.4, -0.2) is 40.6 Å². The summed E-state index contributed by atoms with van der Waals surface area (Å²) in [6, 6.07) is 6.41. The fraction of sp³-hybridized carbons (Fsp3) is 0.381. The van der Waals surface area contributed by atoms with Gasteiger partial charge in [-0.1, -0.05) is 23.2 Å². The van der Waals surface area contributed by atoms with E-state index in [0.29, 0.717) is 50.4 Å². The number of anilines is 1. The van der Waals surface area contributed by atoms with Crippen LogP contribution in [0.15, 0.2) is 24.3 Å². The van der Waals surface area contributed by atoms with E-state index in [9.17, 15) is 13.2 Å². The zero-order valence-electron chi connectivity index (χ0n) is 16.7. The van der Waals surface area contributed by atoms with Crippen LogP contribution in [0, 0.1) is 6.92 Å². The molecular weight excluding hydrogens is 459 g/mol. The summed E-state index contributed by atoms with van der Waals surface area (Å²) in [5.74, 6) is 0.187. The molecule has 10 heteroatoms. The second-order valence-electron chi connectivity index (χ2n) is 8.27. The van der Waals surface area contributed by atoms with Gasteiger partial charge in [-0.25, -0.2) is 18.1 Å². The van der Waals surface area contributed by atoms with Crippen molar-refractivity contribution in [3.8, 4) is 0 Å². The number of hydrogen-bond donors (Lipinski definition) is 1. The summed E-state index contributed by atoms with van der Waals surface area (Å²) < 4.78 is 25.8. The van der Waals surface area contributed by atoms with Crippen molar-refractivity contribution in [2.24, 2.45) is 0 Å². The van der Waals surface area contributed by atoms with E-state index in [-0.39, 0.29) is 23.5 Å². The molecule has 162 valence electrons. The maximum absolute atomic E-state index is 13.3. The van der Waals surface area contributed by atoms with Gasteiger partial charge in [-0.3, -0.25) is 4.79 Å². The number of nitrogens with one attached hydrogen (secondary N) is 1. The van der Waals surface area contributed by atoms with E-state index < -0.39 is 9.84 Å². The molecule has 1 atom stereocenters. The minimum absolute atomic E-state index is 0.0428. The molecule has 1 N–H and O–H groups in total. The first kappa shape index (κ1) is 20.7. The Labute approximate surface area is 189 Å². The third-order valence-electron chi connectivity index (χ3n) is 5.77. The van der Waals surface area contributed by atoms with Gasteiger partial charge in [0.15, 0.2) is 15.5 Å². The van der Waals surface area contributed by atoms with Crippen molar-refractivity contribution >= 4 is 55.7 Å². The SMILES string of the molecule is Cc1nn(C2CCS(=O)(=O)C2)c2nc(C3CC3)cc(C(=O)Nc3cc(Cl)cc(Cl)c3)c12. The summed E-state index contributed by atoms with van der Waals surface area (Å²) in [6.45, 7) is 1.81. The summed E-state index contributed by atoms with van der Waals surface area (Å²) in [6.07, 6.45) is 2.54. The summed E-state index contributed by atoms with van der Waals surface area (Å²) in [4.78, 5) is 18.1. The van der Waals surface area contributed by atoms with E-state index in [0.717, 1.165) is 18.5 Å². The first-order valence-corrected chi connectivity index (χ1v) is 12.7. The number of fused-ring (bicyclic) bond motifs is 1. The van der Waals surface area contributed by atoms with Crippen LogP contribution in [0.5, 0.6) is 0 Å². The molecule has 1 aliphatic carbocycles. The number of amides is 1. The van der Waals surface area contributed by atoms with Crippen LogP contribution < -0.4 is 5.32 Å². The highest BCUT2D eigenvalue weighted by Crippen LogP contribution is 2.41. The normalized spacial score (nSPS) is 20.3. The average Bonchev–Trinajstić information content (AvgIpc) is 3.40. The highest BCUT2D eigenvalue weighted by atomic mass is 35.5. The van der Waals surface area contributed by atoms with Crippen molar-refractivity contribution in [2.75, 3.05) is 16.8 Å². The summed E-state index contributed by atoms with van der Waals surface area (Å²) >= 11 is 12.1. The number of carbonyl (C=O) groups excluding carboxylic acids is 1. The molecule has 0 bridgehead atoms. The lowest BCUT2D eigenvalue weighted by molar-refractivity contribution is 0.102. The van der Waals surface area contributed by atoms with Crippen molar-refractivity contribution in [2.45, 2.75) is 38.1 Å². The second kappa shape index (κ2) is 7.46. The Morgan fingerprint density at radius 1 is 1.13 bits per heavy atom. The monoisotopic (exact) mass is 478 g/mol. The zero-order chi connectivity index (χ0) is 21.9. The Kier molecular flexibility index (Phi) is 4.99. The van der Waals surface area contributed by atoms with Gasteiger partial charge < -0.3 is 5.32 Å². The third kappa shape index (κ3) is 4.04. The quantitative estimate of drug-likeness (QED) is 0.593. The standard InChI is InChI=1S/C21H20Cl2N4O3S/c1-11-19-17(21(28)24-15-7-13(22)6-14(23)8-15)9-18(12-2-3-12)25-20(19)27(26-11)16-4-5-31(29,30)10-16/h6-9,12,16H,2-5,10H2,1H3,(H,24,28). The van der Waals surface area contributed by atoms with Gasteiger partial charge in [0.05, 0.1) is 34.2 Å². The molecular formula is C21H20Cl2N4O3S. The van der Waals surface area contributed by atoms with E-state index in [1.807, 2.05) is 13.0 Å². The van der Waals surface area contributed by atoms with Gasteiger partial charge in [0.1, 0.15) is 0 Å². The number of sulfone groups is 1. The van der Waals surface area contributed by atoms with E-state index in [1.54, 1.807) is 22.9 Å². The Morgan fingerprint density at radius 2 is 1.84 bits per heavy atom. The smallest absolute Gasteiger partial charge is 0.256 e. The number of aryl methyl sites for hydroxylation is 1. The molecule has 0 spiro atoms. The lowest BCUT2D eigenvalue weighted by Gasteiger charge is -2.12. The van der Waals surface area contributed by atoms with Crippen LogP contribution in [-0.2, 0) is 9.84 Å². The predicted molar refractivity (Wildman–Crippen MR) is 121 cm³/mol. The Bertz CT molecular complexity index is 1310. The van der Waals surface area contributed by atoms with Crippen LogP contribution >= 0.6 is 23.2 Å². The van der Waals surface area contributed by atoms with Crippen LogP contribution in [0.25, 0.3) is 11.0 Å². The Hall–Kier alpha value is -2.16. The van der Waals surface area contributed by atoms with Gasteiger partial charge in [0.2, 0.25) is 0 Å². The number of hydrogen-bond acceptors (Lipinski definition) is 5. The van der Waals surface area contributed by atoms with Crippen molar-refractivity contribution < 1.29 is 13.2 Å². The van der Waals surface area contributed by atoms with Crippen LogP contribution in [0.2, 0.25) is 10.0 Å². The lowest BCUT2D eigenvalue weighted by atomic mass is 10.1. The number of carbonyl (C=O) groups is 1. The number of rotatable bonds is 4. The first-order chi connectivity index (χ1) is 14.7. The van der Waals surface area contributed by atoms with Crippen LogP contribution in [0.1, 0.15) is 53.0 Å².